The third-order valence-electron chi connectivity index (χ3n) is 10.2. The van der Waals surface area contributed by atoms with E-state index < -0.39 is 5.97 Å². The van der Waals surface area contributed by atoms with Crippen LogP contribution in [-0.2, 0) is 19.1 Å². The molecule has 0 bridgehead atoms. The van der Waals surface area contributed by atoms with Crippen molar-refractivity contribution in [2.75, 3.05) is 25.2 Å². The van der Waals surface area contributed by atoms with Crippen molar-refractivity contribution in [3.63, 3.8) is 0 Å². The first-order valence-electron chi connectivity index (χ1n) is 17.2. The van der Waals surface area contributed by atoms with Crippen LogP contribution in [0.15, 0.2) is 48.9 Å². The van der Waals surface area contributed by atoms with Crippen LogP contribution in [0.1, 0.15) is 94.2 Å². The minimum absolute atomic E-state index is 0.0307. The number of esters is 1. The second-order valence-corrected chi connectivity index (χ2v) is 13.6. The number of pyridine rings is 1. The van der Waals surface area contributed by atoms with Gasteiger partial charge in [-0.3, -0.25) is 24.0 Å². The first-order chi connectivity index (χ1) is 22.8. The van der Waals surface area contributed by atoms with Crippen molar-refractivity contribution in [1.82, 2.24) is 20.1 Å². The highest BCUT2D eigenvalue weighted by molar-refractivity contribution is 5.95. The minimum Gasteiger partial charge on any atom is -0.496 e. The molecule has 0 spiro atoms. The maximum absolute atomic E-state index is 14.3. The number of hydrogen-bond acceptors (Lipinski definition) is 7. The lowest BCUT2D eigenvalue weighted by Gasteiger charge is -2.36. The molecule has 47 heavy (non-hydrogen) atoms. The lowest BCUT2D eigenvalue weighted by atomic mass is 9.78. The molecule has 0 atom stereocenters. The van der Waals surface area contributed by atoms with Gasteiger partial charge in [-0.1, -0.05) is 12.1 Å². The van der Waals surface area contributed by atoms with Gasteiger partial charge in [0.1, 0.15) is 11.6 Å². The first-order valence-corrected chi connectivity index (χ1v) is 17.2. The van der Waals surface area contributed by atoms with Gasteiger partial charge >= 0.3 is 5.97 Å². The van der Waals surface area contributed by atoms with E-state index in [1.54, 1.807) is 13.3 Å². The highest BCUT2D eigenvalue weighted by Gasteiger charge is 2.34. The number of aryl methyl sites for hydroxylation is 1. The molecule has 2 heterocycles. The van der Waals surface area contributed by atoms with Gasteiger partial charge in [-0.15, -0.1) is 0 Å². The number of amides is 2. The summed E-state index contributed by atoms with van der Waals surface area (Å²) in [4.78, 5) is 44.3. The van der Waals surface area contributed by atoms with Gasteiger partial charge in [0.15, 0.2) is 6.61 Å². The van der Waals surface area contributed by atoms with E-state index in [1.165, 1.54) is 25.3 Å². The molecule has 0 aliphatic heterocycles. The number of nitrogens with zero attached hydrogens (tertiary/aromatic N) is 4. The van der Waals surface area contributed by atoms with Crippen LogP contribution >= 0.6 is 0 Å². The fourth-order valence-corrected chi connectivity index (χ4v) is 7.30. The quantitative estimate of drug-likeness (QED) is 0.250. The zero-order valence-corrected chi connectivity index (χ0v) is 27.8. The van der Waals surface area contributed by atoms with Crippen LogP contribution in [0.4, 0.5) is 5.82 Å². The molecule has 3 fully saturated rings. The van der Waals surface area contributed by atoms with Gasteiger partial charge in [0, 0.05) is 43.4 Å². The summed E-state index contributed by atoms with van der Waals surface area (Å²) in [5, 5.41) is 7.54. The molecule has 6 rings (SSSR count). The predicted molar refractivity (Wildman–Crippen MR) is 179 cm³/mol. The highest BCUT2D eigenvalue weighted by atomic mass is 16.5. The Kier molecular flexibility index (Phi) is 10.2. The highest BCUT2D eigenvalue weighted by Crippen LogP contribution is 2.39. The molecule has 10 nitrogen and oxygen atoms in total. The van der Waals surface area contributed by atoms with Crippen molar-refractivity contribution in [2.45, 2.75) is 96.1 Å². The van der Waals surface area contributed by atoms with Gasteiger partial charge in [-0.2, -0.15) is 5.10 Å². The molecule has 250 valence electrons. The molecule has 10 heteroatoms. The third-order valence-corrected chi connectivity index (χ3v) is 10.2. The van der Waals surface area contributed by atoms with Crippen molar-refractivity contribution >= 4 is 23.6 Å². The number of rotatable bonds is 11. The Balaban J connectivity index is 1.14. The van der Waals surface area contributed by atoms with Gasteiger partial charge in [0.2, 0.25) is 5.91 Å². The van der Waals surface area contributed by atoms with Crippen molar-refractivity contribution in [1.29, 1.82) is 0 Å². The summed E-state index contributed by atoms with van der Waals surface area (Å²) < 4.78 is 12.3. The minimum atomic E-state index is -0.478. The number of aromatic nitrogens is 3. The monoisotopic (exact) mass is 641 g/mol. The van der Waals surface area contributed by atoms with Crippen molar-refractivity contribution in [3.8, 4) is 16.9 Å². The number of benzene rings is 1. The number of carbonyl (C=O) groups is 3. The Bertz CT molecular complexity index is 1570. The molecule has 3 aromatic rings. The fourth-order valence-electron chi connectivity index (χ4n) is 7.30. The molecule has 1 N–H and O–H groups in total. The zero-order valence-electron chi connectivity index (χ0n) is 27.8. The molecule has 0 unspecified atom stereocenters. The van der Waals surface area contributed by atoms with Gasteiger partial charge in [0.05, 0.1) is 19.3 Å². The molecule has 3 saturated carbocycles. The van der Waals surface area contributed by atoms with Crippen LogP contribution in [-0.4, -0.2) is 58.9 Å². The van der Waals surface area contributed by atoms with E-state index >= 15 is 0 Å². The molecule has 3 aliphatic rings. The molecular formula is C37H47N5O5. The van der Waals surface area contributed by atoms with Crippen LogP contribution in [0, 0.1) is 18.8 Å². The topological polar surface area (TPSA) is 116 Å². The van der Waals surface area contributed by atoms with E-state index in [1.807, 2.05) is 27.9 Å². The molecule has 2 aromatic heterocycles. The second-order valence-electron chi connectivity index (χ2n) is 13.6. The maximum atomic E-state index is 14.3. The zero-order chi connectivity index (χ0) is 32.9. The van der Waals surface area contributed by atoms with Crippen LogP contribution in [0.5, 0.6) is 5.75 Å². The number of anilines is 1. The van der Waals surface area contributed by atoms with Crippen molar-refractivity contribution in [3.05, 3.63) is 60.0 Å². The maximum Gasteiger partial charge on any atom is 0.303 e. The van der Waals surface area contributed by atoms with E-state index in [9.17, 15) is 14.4 Å². The summed E-state index contributed by atoms with van der Waals surface area (Å²) in [6.45, 7) is 3.75. The smallest absolute Gasteiger partial charge is 0.303 e. The standard InChI is InChI=1S/C37H47N5O5/c1-24-18-29(10-15-34(24)46-3)27-6-4-26(5-7-27)21-41(35-19-30(16-17-38-35)31-20-39-42(22-31)33-13-14-33)37(45)28-8-11-32(12-9-28)40-36(44)23-47-25(2)43/h10,15-20,22,26-28,32-33H,4-9,11-14,21,23H2,1-3H3,(H,40,44)/t26-,27-,28-,32-. The van der Waals surface area contributed by atoms with Crippen LogP contribution in [0.3, 0.4) is 0 Å². The van der Waals surface area contributed by atoms with Crippen LogP contribution in [0.25, 0.3) is 11.1 Å². The summed E-state index contributed by atoms with van der Waals surface area (Å²) in [5.74, 6) is 1.70. The largest absolute Gasteiger partial charge is 0.496 e. The number of ether oxygens (including phenoxy) is 2. The Morgan fingerprint density at radius 1 is 0.957 bits per heavy atom. The number of hydrogen-bond donors (Lipinski definition) is 1. The van der Waals surface area contributed by atoms with E-state index in [4.69, 9.17) is 14.5 Å². The van der Waals surface area contributed by atoms with Crippen LogP contribution < -0.4 is 15.0 Å². The molecule has 2 amide bonds. The van der Waals surface area contributed by atoms with Crippen molar-refractivity contribution in [2.24, 2.45) is 11.8 Å². The Morgan fingerprint density at radius 3 is 2.40 bits per heavy atom. The molecule has 1 aromatic carbocycles. The van der Waals surface area contributed by atoms with E-state index in [0.29, 0.717) is 55.9 Å². The summed E-state index contributed by atoms with van der Waals surface area (Å²) in [6, 6.07) is 11.0. The Morgan fingerprint density at radius 2 is 1.72 bits per heavy atom. The normalized spacial score (nSPS) is 22.7. The summed E-state index contributed by atoms with van der Waals surface area (Å²) in [7, 11) is 1.71. The average molecular weight is 642 g/mol. The van der Waals surface area contributed by atoms with Crippen molar-refractivity contribution < 1.29 is 23.9 Å². The number of carbonyl (C=O) groups excluding carboxylic acids is 3. The first kappa shape index (κ1) is 32.7. The van der Waals surface area contributed by atoms with E-state index in [2.05, 4.69) is 41.7 Å². The molecule has 3 aliphatic carbocycles. The summed E-state index contributed by atoms with van der Waals surface area (Å²) >= 11 is 0. The van der Waals surface area contributed by atoms with E-state index in [0.717, 1.165) is 48.1 Å². The van der Waals surface area contributed by atoms with Crippen LogP contribution in [0.2, 0.25) is 0 Å². The van der Waals surface area contributed by atoms with Gasteiger partial charge in [-0.05, 0) is 118 Å². The SMILES string of the molecule is COc1ccc([C@H]2CC[C@H](CN(c3cc(-c4cnn(C5CC5)c4)ccn3)C(=O)[C@H]3CC[C@H](NC(=O)COC(C)=O)CC3)CC2)cc1C. The fraction of sp³-hybridized carbons (Fsp3) is 0.541. The summed E-state index contributed by atoms with van der Waals surface area (Å²) in [5.41, 5.74) is 4.58. The summed E-state index contributed by atoms with van der Waals surface area (Å²) in [6.07, 6.45) is 15.2. The lowest BCUT2D eigenvalue weighted by molar-refractivity contribution is -0.146. The van der Waals surface area contributed by atoms with Gasteiger partial charge in [0.25, 0.3) is 5.91 Å². The Hall–Kier alpha value is -4.21. The van der Waals surface area contributed by atoms with Gasteiger partial charge in [-0.25, -0.2) is 4.98 Å². The Labute approximate surface area is 277 Å². The lowest BCUT2D eigenvalue weighted by Crippen LogP contribution is -2.45. The number of nitrogens with one attached hydrogen (secondary N) is 1. The van der Waals surface area contributed by atoms with Gasteiger partial charge < -0.3 is 14.8 Å². The molecule has 0 radical (unpaired) electrons. The average Bonchev–Trinajstić information content (AvgIpc) is 3.82. The third kappa shape index (κ3) is 8.21. The van der Waals surface area contributed by atoms with E-state index in [-0.39, 0.29) is 30.4 Å². The molecular weight excluding hydrogens is 594 g/mol. The molecule has 0 saturated heterocycles. The number of methoxy groups -OCH3 is 1. The predicted octanol–water partition coefficient (Wildman–Crippen LogP) is 6.14. The second kappa shape index (κ2) is 14.7.